The number of benzene rings is 1. The predicted octanol–water partition coefficient (Wildman–Crippen LogP) is 1.33. The van der Waals surface area contributed by atoms with E-state index in [0.717, 1.165) is 16.8 Å². The first kappa shape index (κ1) is 15.0. The van der Waals surface area contributed by atoms with E-state index in [1.807, 2.05) is 32.0 Å². The van der Waals surface area contributed by atoms with Gasteiger partial charge in [-0.2, -0.15) is 0 Å². The molecule has 3 N–H and O–H groups in total. The summed E-state index contributed by atoms with van der Waals surface area (Å²) in [6.45, 7) is 3.69. The highest BCUT2D eigenvalue weighted by Crippen LogP contribution is 2.18. The monoisotopic (exact) mass is 269 g/mol. The number of aliphatic hydroxyl groups excluding tert-OH is 2. The second-order valence-corrected chi connectivity index (χ2v) is 5.18. The lowest BCUT2D eigenvalue weighted by Gasteiger charge is -2.10. The Morgan fingerprint density at radius 3 is 2.83 bits per heavy atom. The van der Waals surface area contributed by atoms with Gasteiger partial charge >= 0.3 is 0 Å². The highest BCUT2D eigenvalue weighted by molar-refractivity contribution is 8.00. The average molecular weight is 269 g/mol. The molecule has 1 atom stereocenters. The summed E-state index contributed by atoms with van der Waals surface area (Å²) in [4.78, 5) is 11.7. The molecule has 5 heteroatoms. The van der Waals surface area contributed by atoms with E-state index in [9.17, 15) is 4.79 Å². The second kappa shape index (κ2) is 7.41. The predicted molar refractivity (Wildman–Crippen MR) is 75.0 cm³/mol. The van der Waals surface area contributed by atoms with Gasteiger partial charge in [0.2, 0.25) is 5.91 Å². The molecule has 0 aliphatic rings. The molecule has 1 aromatic rings. The molecular weight excluding hydrogens is 250 g/mol. The standard InChI is InChI=1S/C13H19NO3S/c1-9-4-3-5-12(10(9)2)14-13(17)8-18-7-11(16)6-15/h3-5,11,15-16H,6-8H2,1-2H3,(H,14,17). The first-order valence-electron chi connectivity index (χ1n) is 5.77. The smallest absolute Gasteiger partial charge is 0.234 e. The summed E-state index contributed by atoms with van der Waals surface area (Å²) in [5.74, 6) is 0.528. The van der Waals surface area contributed by atoms with Crippen molar-refractivity contribution in [3.63, 3.8) is 0 Å². The molecule has 100 valence electrons. The Morgan fingerprint density at radius 2 is 2.17 bits per heavy atom. The number of carbonyl (C=O) groups excluding carboxylic acids is 1. The maximum atomic E-state index is 11.7. The van der Waals surface area contributed by atoms with Crippen molar-refractivity contribution in [1.29, 1.82) is 0 Å². The molecule has 0 aliphatic heterocycles. The highest BCUT2D eigenvalue weighted by Gasteiger charge is 2.08. The van der Waals surface area contributed by atoms with Crippen LogP contribution in [0, 0.1) is 13.8 Å². The third kappa shape index (κ3) is 4.68. The molecule has 1 unspecified atom stereocenters. The van der Waals surface area contributed by atoms with Crippen molar-refractivity contribution < 1.29 is 15.0 Å². The van der Waals surface area contributed by atoms with E-state index in [0.29, 0.717) is 5.75 Å². The first-order chi connectivity index (χ1) is 8.54. The van der Waals surface area contributed by atoms with Gasteiger partial charge in [0.15, 0.2) is 0 Å². The maximum absolute atomic E-state index is 11.7. The van der Waals surface area contributed by atoms with Gasteiger partial charge in [0.05, 0.1) is 18.5 Å². The zero-order chi connectivity index (χ0) is 13.5. The molecular formula is C13H19NO3S. The lowest BCUT2D eigenvalue weighted by Crippen LogP contribution is -2.19. The summed E-state index contributed by atoms with van der Waals surface area (Å²) in [6.07, 6.45) is -0.761. The van der Waals surface area contributed by atoms with E-state index in [4.69, 9.17) is 10.2 Å². The van der Waals surface area contributed by atoms with Gasteiger partial charge in [-0.15, -0.1) is 11.8 Å². The topological polar surface area (TPSA) is 69.6 Å². The average Bonchev–Trinajstić information content (AvgIpc) is 2.34. The number of aliphatic hydroxyl groups is 2. The van der Waals surface area contributed by atoms with Gasteiger partial charge in [-0.05, 0) is 31.0 Å². The van der Waals surface area contributed by atoms with E-state index < -0.39 is 6.10 Å². The van der Waals surface area contributed by atoms with Gasteiger partial charge in [-0.25, -0.2) is 0 Å². The minimum atomic E-state index is -0.761. The van der Waals surface area contributed by atoms with E-state index in [1.54, 1.807) is 0 Å². The minimum absolute atomic E-state index is 0.0983. The van der Waals surface area contributed by atoms with E-state index in [-0.39, 0.29) is 18.3 Å². The molecule has 0 bridgehead atoms. The van der Waals surface area contributed by atoms with Crippen LogP contribution < -0.4 is 5.32 Å². The number of amides is 1. The number of nitrogens with one attached hydrogen (secondary N) is 1. The molecule has 0 aromatic heterocycles. The summed E-state index contributed by atoms with van der Waals surface area (Å²) in [7, 11) is 0. The van der Waals surface area contributed by atoms with Gasteiger partial charge < -0.3 is 15.5 Å². The molecule has 4 nitrogen and oxygen atoms in total. The Bertz CT molecular complexity index is 409. The van der Waals surface area contributed by atoms with Crippen LogP contribution in [0.15, 0.2) is 18.2 Å². The summed E-state index contributed by atoms with van der Waals surface area (Å²) < 4.78 is 0. The summed E-state index contributed by atoms with van der Waals surface area (Å²) in [5, 5.41) is 20.6. The Kier molecular flexibility index (Phi) is 6.18. The number of hydrogen-bond acceptors (Lipinski definition) is 4. The molecule has 1 rings (SSSR count). The number of rotatable bonds is 6. The van der Waals surface area contributed by atoms with Gasteiger partial charge in [0.1, 0.15) is 0 Å². The number of thioether (sulfide) groups is 1. The number of anilines is 1. The molecule has 0 aliphatic carbocycles. The molecule has 1 aromatic carbocycles. The number of hydrogen-bond donors (Lipinski definition) is 3. The Balaban J connectivity index is 2.43. The quantitative estimate of drug-likeness (QED) is 0.728. The van der Waals surface area contributed by atoms with Crippen molar-refractivity contribution in [2.75, 3.05) is 23.4 Å². The highest BCUT2D eigenvalue weighted by atomic mass is 32.2. The van der Waals surface area contributed by atoms with Crippen LogP contribution in [0.1, 0.15) is 11.1 Å². The van der Waals surface area contributed by atoms with Crippen LogP contribution in [0.3, 0.4) is 0 Å². The first-order valence-corrected chi connectivity index (χ1v) is 6.92. The Hall–Kier alpha value is -1.04. The van der Waals surface area contributed by atoms with Crippen molar-refractivity contribution in [3.8, 4) is 0 Å². The molecule has 0 spiro atoms. The van der Waals surface area contributed by atoms with Crippen molar-refractivity contribution in [1.82, 2.24) is 0 Å². The summed E-state index contributed by atoms with van der Waals surface area (Å²) >= 11 is 1.30. The normalized spacial score (nSPS) is 12.2. The third-order valence-corrected chi connectivity index (χ3v) is 3.72. The molecule has 1 amide bonds. The summed E-state index contributed by atoms with van der Waals surface area (Å²) in [6, 6.07) is 5.77. The number of aryl methyl sites for hydroxylation is 1. The zero-order valence-electron chi connectivity index (χ0n) is 10.6. The van der Waals surface area contributed by atoms with Gasteiger partial charge in [0.25, 0.3) is 0 Å². The fourth-order valence-electron chi connectivity index (χ4n) is 1.41. The van der Waals surface area contributed by atoms with E-state index in [1.165, 1.54) is 11.8 Å². The molecule has 0 heterocycles. The fraction of sp³-hybridized carbons (Fsp3) is 0.462. The Labute approximate surface area is 111 Å². The van der Waals surface area contributed by atoms with Crippen molar-refractivity contribution in [3.05, 3.63) is 29.3 Å². The molecule has 0 fully saturated rings. The van der Waals surface area contributed by atoms with Gasteiger partial charge in [-0.1, -0.05) is 12.1 Å². The molecule has 0 radical (unpaired) electrons. The second-order valence-electron chi connectivity index (χ2n) is 4.15. The van der Waals surface area contributed by atoms with Gasteiger partial charge in [0, 0.05) is 11.4 Å². The van der Waals surface area contributed by atoms with Crippen LogP contribution in [-0.4, -0.2) is 40.3 Å². The third-order valence-electron chi connectivity index (χ3n) is 2.63. The minimum Gasteiger partial charge on any atom is -0.394 e. The number of carbonyl (C=O) groups is 1. The van der Waals surface area contributed by atoms with Crippen LogP contribution in [0.4, 0.5) is 5.69 Å². The fourth-order valence-corrected chi connectivity index (χ4v) is 2.17. The van der Waals surface area contributed by atoms with Crippen molar-refractivity contribution in [2.45, 2.75) is 20.0 Å². The molecule has 0 saturated heterocycles. The largest absolute Gasteiger partial charge is 0.394 e. The zero-order valence-corrected chi connectivity index (χ0v) is 11.5. The van der Waals surface area contributed by atoms with Crippen LogP contribution in [0.25, 0.3) is 0 Å². The molecule has 0 saturated carbocycles. The lowest BCUT2D eigenvalue weighted by atomic mass is 10.1. The summed E-state index contributed by atoms with van der Waals surface area (Å²) in [5.41, 5.74) is 3.02. The van der Waals surface area contributed by atoms with Crippen LogP contribution in [-0.2, 0) is 4.79 Å². The van der Waals surface area contributed by atoms with E-state index >= 15 is 0 Å². The van der Waals surface area contributed by atoms with Crippen molar-refractivity contribution in [2.24, 2.45) is 0 Å². The van der Waals surface area contributed by atoms with Crippen molar-refractivity contribution >= 4 is 23.4 Å². The lowest BCUT2D eigenvalue weighted by molar-refractivity contribution is -0.113. The Morgan fingerprint density at radius 1 is 1.44 bits per heavy atom. The van der Waals surface area contributed by atoms with Crippen LogP contribution >= 0.6 is 11.8 Å². The SMILES string of the molecule is Cc1cccc(NC(=O)CSCC(O)CO)c1C. The van der Waals surface area contributed by atoms with Crippen LogP contribution in [0.5, 0.6) is 0 Å². The van der Waals surface area contributed by atoms with Gasteiger partial charge in [-0.3, -0.25) is 4.79 Å². The molecule has 18 heavy (non-hydrogen) atoms. The van der Waals surface area contributed by atoms with Crippen LogP contribution in [0.2, 0.25) is 0 Å². The van der Waals surface area contributed by atoms with E-state index in [2.05, 4.69) is 5.32 Å². The maximum Gasteiger partial charge on any atom is 0.234 e.